The van der Waals surface area contributed by atoms with E-state index < -0.39 is 17.9 Å². The van der Waals surface area contributed by atoms with Crippen molar-refractivity contribution >= 4 is 23.4 Å². The predicted octanol–water partition coefficient (Wildman–Crippen LogP) is 8.28. The van der Waals surface area contributed by atoms with Crippen LogP contribution in [0.1, 0.15) is 134 Å². The summed E-state index contributed by atoms with van der Waals surface area (Å²) < 4.78 is 10.0. The molecule has 2 unspecified atom stereocenters. The van der Waals surface area contributed by atoms with Gasteiger partial charge in [-0.15, -0.1) is 0 Å². The maximum Gasteiger partial charge on any atom is 0.316 e. The average molecular weight is 532 g/mol. The van der Waals surface area contributed by atoms with Crippen molar-refractivity contribution in [2.24, 2.45) is 5.92 Å². The van der Waals surface area contributed by atoms with Gasteiger partial charge >= 0.3 is 11.9 Å². The molecule has 0 amide bonds. The van der Waals surface area contributed by atoms with E-state index in [9.17, 15) is 14.4 Å². The summed E-state index contributed by atoms with van der Waals surface area (Å²) in [7, 11) is 0. The third-order valence-electron chi connectivity index (χ3n) is 6.90. The fraction of sp³-hybridized carbons (Fsp3) is 0.719. The lowest BCUT2D eigenvalue weighted by atomic mass is 9.93. The first kappa shape index (κ1) is 33.7. The zero-order chi connectivity index (χ0) is 28.0. The summed E-state index contributed by atoms with van der Waals surface area (Å²) in [6.45, 7) is 8.32. The third kappa shape index (κ3) is 15.1. The van der Waals surface area contributed by atoms with E-state index in [0.717, 1.165) is 12.1 Å². The second-order valence-corrected chi connectivity index (χ2v) is 10.3. The molecule has 6 nitrogen and oxygen atoms in total. The Morgan fingerprint density at radius 1 is 0.711 bits per heavy atom. The quantitative estimate of drug-likeness (QED) is 0.0662. The molecular weight excluding hydrogens is 478 g/mol. The molecule has 0 aromatic heterocycles. The molecule has 2 atom stereocenters. The van der Waals surface area contributed by atoms with E-state index in [1.165, 1.54) is 77.0 Å². The fourth-order valence-corrected chi connectivity index (χ4v) is 4.67. The summed E-state index contributed by atoms with van der Waals surface area (Å²) in [4.78, 5) is 37.2. The molecule has 1 aromatic carbocycles. The molecule has 0 aliphatic carbocycles. The molecule has 0 heterocycles. The molecule has 0 saturated heterocycles. The number of nitrogens with one attached hydrogen (secondary N) is 1. The number of esters is 2. The Bertz CT molecular complexity index is 777. The van der Waals surface area contributed by atoms with Crippen LogP contribution in [0.15, 0.2) is 24.3 Å². The van der Waals surface area contributed by atoms with Gasteiger partial charge in [0.15, 0.2) is 5.78 Å². The number of Topliss-reactive ketones (excluding diaryl/α,β-unsaturated/α-hetero) is 1. The number of hydrogen-bond donors (Lipinski definition) is 1. The van der Waals surface area contributed by atoms with Crippen molar-refractivity contribution in [2.75, 3.05) is 18.5 Å². The Kier molecular flexibility index (Phi) is 19.1. The van der Waals surface area contributed by atoms with Crippen molar-refractivity contribution in [2.45, 2.75) is 130 Å². The summed E-state index contributed by atoms with van der Waals surface area (Å²) in [5, 5.41) is 3.51. The van der Waals surface area contributed by atoms with Gasteiger partial charge in [0.2, 0.25) is 0 Å². The van der Waals surface area contributed by atoms with E-state index in [2.05, 4.69) is 19.2 Å². The molecule has 1 aromatic rings. The van der Waals surface area contributed by atoms with Gasteiger partial charge in [0.05, 0.1) is 13.2 Å². The van der Waals surface area contributed by atoms with Crippen molar-refractivity contribution in [1.82, 2.24) is 0 Å². The summed E-state index contributed by atoms with van der Waals surface area (Å²) in [5.74, 6) is -2.36. The van der Waals surface area contributed by atoms with Gasteiger partial charge in [0.25, 0.3) is 0 Å². The zero-order valence-corrected chi connectivity index (χ0v) is 24.5. The molecular formula is C32H53NO5. The Morgan fingerprint density at radius 3 is 1.76 bits per heavy atom. The van der Waals surface area contributed by atoms with Gasteiger partial charge in [0.1, 0.15) is 5.92 Å². The summed E-state index contributed by atoms with van der Waals surface area (Å²) in [5.41, 5.74) is 1.39. The number of benzene rings is 1. The molecule has 0 aliphatic rings. The van der Waals surface area contributed by atoms with Crippen LogP contribution in [0.25, 0.3) is 0 Å². The van der Waals surface area contributed by atoms with E-state index in [-0.39, 0.29) is 31.8 Å². The molecule has 1 rings (SSSR count). The van der Waals surface area contributed by atoms with Crippen LogP contribution in [-0.4, -0.2) is 37.0 Å². The number of carbonyl (C=O) groups is 3. The van der Waals surface area contributed by atoms with Gasteiger partial charge in [-0.2, -0.15) is 0 Å². The van der Waals surface area contributed by atoms with Crippen LogP contribution in [0.4, 0.5) is 5.69 Å². The normalized spacial score (nSPS) is 12.5. The van der Waals surface area contributed by atoms with E-state index in [1.807, 2.05) is 12.1 Å². The van der Waals surface area contributed by atoms with Gasteiger partial charge in [-0.25, -0.2) is 0 Å². The second-order valence-electron chi connectivity index (χ2n) is 10.3. The maximum atomic E-state index is 13.0. The van der Waals surface area contributed by atoms with Gasteiger partial charge in [-0.1, -0.05) is 84.0 Å². The number of anilines is 1. The summed E-state index contributed by atoms with van der Waals surface area (Å²) in [6, 6.07) is 7.56. The highest BCUT2D eigenvalue weighted by atomic mass is 16.5. The van der Waals surface area contributed by atoms with Crippen molar-refractivity contribution in [3.8, 4) is 0 Å². The molecule has 38 heavy (non-hydrogen) atoms. The third-order valence-corrected chi connectivity index (χ3v) is 6.90. The first-order chi connectivity index (χ1) is 18.4. The molecule has 0 aliphatic heterocycles. The highest BCUT2D eigenvalue weighted by molar-refractivity contribution is 6.08. The monoisotopic (exact) mass is 531 g/mol. The Labute approximate surface area is 231 Å². The molecule has 0 fully saturated rings. The summed E-state index contributed by atoms with van der Waals surface area (Å²) in [6.07, 6.45) is 17.4. The number of unbranched alkanes of at least 4 members (excludes halogenated alkanes) is 11. The largest absolute Gasteiger partial charge is 0.466 e. The van der Waals surface area contributed by atoms with Crippen molar-refractivity contribution < 1.29 is 23.9 Å². The molecule has 0 saturated carbocycles. The lowest BCUT2D eigenvalue weighted by molar-refractivity contribution is -0.147. The molecule has 1 N–H and O–H groups in total. The lowest BCUT2D eigenvalue weighted by Crippen LogP contribution is -2.27. The minimum Gasteiger partial charge on any atom is -0.466 e. The van der Waals surface area contributed by atoms with Crippen LogP contribution in [0, 0.1) is 5.92 Å². The SMILES string of the molecule is CCCCCCCCCCCCCCC(C)Nc1ccc(C(=O)C(CCC(=O)OCC)C(=O)OCC)cc1. The standard InChI is InChI=1S/C32H53NO5/c1-5-8-9-10-11-12-13-14-15-16-17-18-19-26(4)33-28-22-20-27(21-23-28)31(35)29(32(36)38-7-3)24-25-30(34)37-6-2/h20-23,26,29,33H,5-19,24-25H2,1-4H3. The zero-order valence-electron chi connectivity index (χ0n) is 24.5. The Morgan fingerprint density at radius 2 is 1.24 bits per heavy atom. The summed E-state index contributed by atoms with van der Waals surface area (Å²) >= 11 is 0. The number of carbonyl (C=O) groups excluding carboxylic acids is 3. The Hall–Kier alpha value is -2.37. The highest BCUT2D eigenvalue weighted by Crippen LogP contribution is 2.20. The maximum absolute atomic E-state index is 13.0. The van der Waals surface area contributed by atoms with Crippen molar-refractivity contribution in [1.29, 1.82) is 0 Å². The fourth-order valence-electron chi connectivity index (χ4n) is 4.67. The topological polar surface area (TPSA) is 81.7 Å². The van der Waals surface area contributed by atoms with Crippen LogP contribution >= 0.6 is 0 Å². The minimum atomic E-state index is -1.01. The number of rotatable bonds is 23. The molecule has 6 heteroatoms. The predicted molar refractivity (Wildman–Crippen MR) is 156 cm³/mol. The Balaban J connectivity index is 2.36. The van der Waals surface area contributed by atoms with E-state index in [4.69, 9.17) is 9.47 Å². The number of ketones is 1. The van der Waals surface area contributed by atoms with Crippen LogP contribution in [0.3, 0.4) is 0 Å². The molecule has 216 valence electrons. The molecule has 0 radical (unpaired) electrons. The molecule has 0 bridgehead atoms. The van der Waals surface area contributed by atoms with Crippen LogP contribution in [-0.2, 0) is 19.1 Å². The lowest BCUT2D eigenvalue weighted by Gasteiger charge is -2.17. The first-order valence-electron chi connectivity index (χ1n) is 15.2. The van der Waals surface area contributed by atoms with Crippen LogP contribution in [0.5, 0.6) is 0 Å². The van der Waals surface area contributed by atoms with Gasteiger partial charge in [-0.3, -0.25) is 14.4 Å². The number of hydrogen-bond acceptors (Lipinski definition) is 6. The van der Waals surface area contributed by atoms with E-state index >= 15 is 0 Å². The first-order valence-corrected chi connectivity index (χ1v) is 15.2. The number of ether oxygens (including phenoxy) is 2. The van der Waals surface area contributed by atoms with E-state index in [0.29, 0.717) is 11.6 Å². The second kappa shape index (κ2) is 21.6. The molecule has 0 spiro atoms. The van der Waals surface area contributed by atoms with Gasteiger partial charge in [-0.05, 0) is 57.9 Å². The van der Waals surface area contributed by atoms with Crippen molar-refractivity contribution in [3.63, 3.8) is 0 Å². The van der Waals surface area contributed by atoms with Crippen LogP contribution in [0.2, 0.25) is 0 Å². The van der Waals surface area contributed by atoms with Gasteiger partial charge in [0, 0.05) is 23.7 Å². The minimum absolute atomic E-state index is 0.000655. The smallest absolute Gasteiger partial charge is 0.316 e. The van der Waals surface area contributed by atoms with Gasteiger partial charge < -0.3 is 14.8 Å². The van der Waals surface area contributed by atoms with Crippen molar-refractivity contribution in [3.05, 3.63) is 29.8 Å². The highest BCUT2D eigenvalue weighted by Gasteiger charge is 2.29. The van der Waals surface area contributed by atoms with Crippen LogP contribution < -0.4 is 5.32 Å². The average Bonchev–Trinajstić information content (AvgIpc) is 2.90. The van der Waals surface area contributed by atoms with E-state index in [1.54, 1.807) is 26.0 Å².